The molecule has 2 aliphatic rings. The second-order valence-corrected chi connectivity index (χ2v) is 14.8. The molecule has 0 radical (unpaired) electrons. The molecule has 2 fully saturated rings. The summed E-state index contributed by atoms with van der Waals surface area (Å²) in [5, 5.41) is 2.17. The van der Waals surface area contributed by atoms with Crippen molar-refractivity contribution in [1.82, 2.24) is 14.7 Å². The number of carbonyl (C=O) groups is 3. The minimum atomic E-state index is -0.827. The van der Waals surface area contributed by atoms with Crippen LogP contribution in [0.5, 0.6) is 0 Å². The van der Waals surface area contributed by atoms with E-state index in [0.29, 0.717) is 32.4 Å². The SMILES string of the molecule is CN(C(=O)/C=C/CC1(N)CCC1)[C@H](Cc1ccc2ccccc2c1)C(=O)N(C)[C@H](Cc1ccccc1)C(=O)N1CCC[C@H](C(C)(C)N)C1. The van der Waals surface area contributed by atoms with Gasteiger partial charge in [-0.3, -0.25) is 14.4 Å². The summed E-state index contributed by atoms with van der Waals surface area (Å²) in [6, 6.07) is 22.5. The van der Waals surface area contributed by atoms with Crippen LogP contribution in [-0.4, -0.2) is 82.8 Å². The Labute approximate surface area is 286 Å². The maximum absolute atomic E-state index is 14.7. The maximum Gasteiger partial charge on any atom is 0.246 e. The molecule has 1 saturated carbocycles. The van der Waals surface area contributed by atoms with E-state index in [0.717, 1.165) is 54.0 Å². The lowest BCUT2D eigenvalue weighted by molar-refractivity contribution is -0.150. The maximum atomic E-state index is 14.7. The van der Waals surface area contributed by atoms with E-state index in [1.807, 2.05) is 85.5 Å². The van der Waals surface area contributed by atoms with E-state index in [9.17, 15) is 14.4 Å². The molecule has 1 aliphatic heterocycles. The molecule has 1 aliphatic carbocycles. The second kappa shape index (κ2) is 15.0. The Hall–Kier alpha value is -4.01. The molecule has 3 aromatic carbocycles. The molecule has 3 atom stereocenters. The predicted octanol–water partition coefficient (Wildman–Crippen LogP) is 5.08. The Morgan fingerprint density at radius 3 is 2.23 bits per heavy atom. The number of nitrogens with two attached hydrogens (primary N) is 2. The van der Waals surface area contributed by atoms with Crippen molar-refractivity contribution < 1.29 is 14.4 Å². The number of hydrogen-bond donors (Lipinski definition) is 2. The van der Waals surface area contributed by atoms with Gasteiger partial charge in [-0.05, 0) is 86.3 Å². The van der Waals surface area contributed by atoms with Crippen molar-refractivity contribution >= 4 is 28.5 Å². The lowest BCUT2D eigenvalue weighted by Gasteiger charge is -2.42. The Bertz CT molecular complexity index is 1610. The lowest BCUT2D eigenvalue weighted by atomic mass is 9.75. The molecule has 3 amide bonds. The summed E-state index contributed by atoms with van der Waals surface area (Å²) in [6.45, 7) is 5.22. The van der Waals surface area contributed by atoms with E-state index in [2.05, 4.69) is 12.1 Å². The van der Waals surface area contributed by atoms with Crippen LogP contribution >= 0.6 is 0 Å². The Balaban J connectivity index is 1.44. The molecular weight excluding hydrogens is 598 g/mol. The van der Waals surface area contributed by atoms with Crippen LogP contribution in [0.2, 0.25) is 0 Å². The fourth-order valence-corrected chi connectivity index (χ4v) is 7.09. The molecule has 5 rings (SSSR count). The van der Waals surface area contributed by atoms with E-state index in [4.69, 9.17) is 11.5 Å². The van der Waals surface area contributed by atoms with Gasteiger partial charge in [0.05, 0.1) is 0 Å². The van der Waals surface area contributed by atoms with Crippen LogP contribution in [0.1, 0.15) is 63.5 Å². The van der Waals surface area contributed by atoms with E-state index in [-0.39, 0.29) is 29.2 Å². The van der Waals surface area contributed by atoms with Gasteiger partial charge >= 0.3 is 0 Å². The molecular formula is C40H53N5O3. The minimum absolute atomic E-state index is 0.0873. The standard InChI is InChI=1S/C40H53N5O3/c1-39(2,41)33-17-11-24-45(28-33)38(48)35(26-29-13-6-5-7-14-29)44(4)37(47)34(27-30-19-20-31-15-8-9-16-32(31)25-30)43(3)36(46)18-10-21-40(42)22-12-23-40/h5-10,13-16,18-20,25,33-35H,11-12,17,21-24,26-28,41-42H2,1-4H3/b18-10+/t33-,34+,35+/m0/s1. The molecule has 48 heavy (non-hydrogen) atoms. The first-order chi connectivity index (χ1) is 22.8. The average molecular weight is 652 g/mol. The number of benzene rings is 3. The van der Waals surface area contributed by atoms with Gasteiger partial charge < -0.3 is 26.2 Å². The van der Waals surface area contributed by atoms with Crippen molar-refractivity contribution in [2.24, 2.45) is 17.4 Å². The normalized spacial score (nSPS) is 19.0. The Kier molecular flexibility index (Phi) is 11.1. The van der Waals surface area contributed by atoms with Crippen molar-refractivity contribution in [1.29, 1.82) is 0 Å². The van der Waals surface area contributed by atoms with Crippen molar-refractivity contribution in [3.05, 3.63) is 96.1 Å². The van der Waals surface area contributed by atoms with Crippen LogP contribution in [0, 0.1) is 5.92 Å². The van der Waals surface area contributed by atoms with Crippen LogP contribution in [-0.2, 0) is 27.2 Å². The molecule has 4 N–H and O–H groups in total. The third kappa shape index (κ3) is 8.52. The summed E-state index contributed by atoms with van der Waals surface area (Å²) in [4.78, 5) is 47.7. The molecule has 0 bridgehead atoms. The van der Waals surface area contributed by atoms with Crippen LogP contribution in [0.25, 0.3) is 10.8 Å². The summed E-state index contributed by atoms with van der Waals surface area (Å²) in [5.74, 6) is -0.461. The monoisotopic (exact) mass is 651 g/mol. The summed E-state index contributed by atoms with van der Waals surface area (Å²) in [6.07, 6.45) is 9.53. The van der Waals surface area contributed by atoms with Crippen LogP contribution in [0.15, 0.2) is 84.9 Å². The van der Waals surface area contributed by atoms with Crippen LogP contribution < -0.4 is 11.5 Å². The van der Waals surface area contributed by atoms with Gasteiger partial charge in [0.25, 0.3) is 0 Å². The van der Waals surface area contributed by atoms with Crippen molar-refractivity contribution in [3.63, 3.8) is 0 Å². The first-order valence-corrected chi connectivity index (χ1v) is 17.4. The van der Waals surface area contributed by atoms with E-state index in [1.165, 1.54) is 4.90 Å². The fraction of sp³-hybridized carbons (Fsp3) is 0.475. The summed E-state index contributed by atoms with van der Waals surface area (Å²) in [7, 11) is 3.39. The summed E-state index contributed by atoms with van der Waals surface area (Å²) < 4.78 is 0. The van der Waals surface area contributed by atoms with Crippen LogP contribution in [0.4, 0.5) is 0 Å². The third-order valence-corrected chi connectivity index (χ3v) is 10.6. The molecule has 0 aromatic heterocycles. The summed E-state index contributed by atoms with van der Waals surface area (Å²) in [5.41, 5.74) is 14.2. The van der Waals surface area contributed by atoms with E-state index < -0.39 is 17.6 Å². The van der Waals surface area contributed by atoms with Gasteiger partial charge in [0, 0.05) is 51.1 Å². The highest BCUT2D eigenvalue weighted by atomic mass is 16.2. The number of carbonyl (C=O) groups excluding carboxylic acids is 3. The third-order valence-electron chi connectivity index (χ3n) is 10.6. The van der Waals surface area contributed by atoms with Gasteiger partial charge in [-0.1, -0.05) is 78.9 Å². The smallest absolute Gasteiger partial charge is 0.246 e. The lowest BCUT2D eigenvalue weighted by Crippen LogP contribution is -2.58. The van der Waals surface area contributed by atoms with Crippen molar-refractivity contribution in [2.45, 2.75) is 88.4 Å². The Morgan fingerprint density at radius 1 is 0.896 bits per heavy atom. The van der Waals surface area contributed by atoms with Gasteiger partial charge in [0.1, 0.15) is 12.1 Å². The number of likely N-dealkylation sites (tertiary alicyclic amines) is 1. The largest absolute Gasteiger partial charge is 0.341 e. The van der Waals surface area contributed by atoms with E-state index >= 15 is 0 Å². The Morgan fingerprint density at radius 2 is 1.56 bits per heavy atom. The number of hydrogen-bond acceptors (Lipinski definition) is 5. The number of likely N-dealkylation sites (N-methyl/N-ethyl adjacent to an activating group) is 2. The quantitative estimate of drug-likeness (QED) is 0.265. The first kappa shape index (κ1) is 35.3. The van der Waals surface area contributed by atoms with Gasteiger partial charge in [0.15, 0.2) is 0 Å². The zero-order valence-electron chi connectivity index (χ0n) is 29.1. The summed E-state index contributed by atoms with van der Waals surface area (Å²) >= 11 is 0. The molecule has 3 aromatic rings. The highest BCUT2D eigenvalue weighted by Crippen LogP contribution is 2.32. The second-order valence-electron chi connectivity index (χ2n) is 14.8. The molecule has 1 saturated heterocycles. The molecule has 0 spiro atoms. The van der Waals surface area contributed by atoms with Gasteiger partial charge in [-0.15, -0.1) is 0 Å². The van der Waals surface area contributed by atoms with Crippen molar-refractivity contribution in [2.75, 3.05) is 27.2 Å². The molecule has 1 heterocycles. The van der Waals surface area contributed by atoms with Gasteiger partial charge in [-0.25, -0.2) is 0 Å². The predicted molar refractivity (Wildman–Crippen MR) is 193 cm³/mol. The average Bonchev–Trinajstić information content (AvgIpc) is 3.07. The van der Waals surface area contributed by atoms with Gasteiger partial charge in [-0.2, -0.15) is 0 Å². The fourth-order valence-electron chi connectivity index (χ4n) is 7.09. The number of piperidine rings is 1. The number of nitrogens with zero attached hydrogens (tertiary/aromatic N) is 3. The van der Waals surface area contributed by atoms with E-state index in [1.54, 1.807) is 25.1 Å². The topological polar surface area (TPSA) is 113 Å². The molecule has 0 unspecified atom stereocenters. The van der Waals surface area contributed by atoms with Crippen LogP contribution in [0.3, 0.4) is 0 Å². The molecule has 256 valence electrons. The number of amides is 3. The zero-order chi connectivity index (χ0) is 34.5. The zero-order valence-corrected chi connectivity index (χ0v) is 29.1. The molecule has 8 heteroatoms. The minimum Gasteiger partial charge on any atom is -0.341 e. The molecule has 8 nitrogen and oxygen atoms in total. The van der Waals surface area contributed by atoms with Crippen molar-refractivity contribution in [3.8, 4) is 0 Å². The highest BCUT2D eigenvalue weighted by Gasteiger charge is 2.39. The number of fused-ring (bicyclic) bond motifs is 1. The highest BCUT2D eigenvalue weighted by molar-refractivity contribution is 5.95. The number of rotatable bonds is 12. The first-order valence-electron chi connectivity index (χ1n) is 17.4. The van der Waals surface area contributed by atoms with Gasteiger partial charge in [0.2, 0.25) is 17.7 Å².